The zero-order valence-corrected chi connectivity index (χ0v) is 9.58. The molecule has 4 nitrogen and oxygen atoms in total. The fourth-order valence-corrected chi connectivity index (χ4v) is 1.55. The van der Waals surface area contributed by atoms with Crippen molar-refractivity contribution in [3.05, 3.63) is 40.2 Å². The number of ether oxygens (including phenoxy) is 1. The lowest BCUT2D eigenvalue weighted by Gasteiger charge is -2.05. The van der Waals surface area contributed by atoms with E-state index in [9.17, 15) is 22.8 Å². The Morgan fingerprint density at radius 3 is 2.58 bits per heavy atom. The highest BCUT2D eigenvalue weighted by Gasteiger charge is 2.41. The van der Waals surface area contributed by atoms with E-state index in [1.807, 2.05) is 0 Å². The van der Waals surface area contributed by atoms with Gasteiger partial charge in [-0.3, -0.25) is 9.59 Å². The zero-order valence-electron chi connectivity index (χ0n) is 9.58. The molecule has 0 saturated heterocycles. The summed E-state index contributed by atoms with van der Waals surface area (Å²) >= 11 is 0. The number of halogens is 3. The van der Waals surface area contributed by atoms with Gasteiger partial charge in [-0.15, -0.1) is 0 Å². The summed E-state index contributed by atoms with van der Waals surface area (Å²) in [7, 11) is 1.39. The topological polar surface area (TPSA) is 56.5 Å². The van der Waals surface area contributed by atoms with Crippen molar-refractivity contribution < 1.29 is 27.1 Å². The summed E-state index contributed by atoms with van der Waals surface area (Å²) in [6.07, 6.45) is -4.60. The summed E-state index contributed by atoms with van der Waals surface area (Å²) in [4.78, 5) is 22.8. The molecule has 0 spiro atoms. The molecule has 0 aliphatic heterocycles. The Balaban J connectivity index is 2.65. The number of rotatable bonds is 2. The van der Waals surface area contributed by atoms with E-state index < -0.39 is 23.0 Å². The van der Waals surface area contributed by atoms with Gasteiger partial charge in [0, 0.05) is 6.07 Å². The minimum absolute atomic E-state index is 0.0445. The summed E-state index contributed by atoms with van der Waals surface area (Å²) < 4.78 is 46.6. The standard InChI is InChI=1S/C12H7F3O4/c1-18-6-2-3-7-9(4-6)19-5-8(10(7)16)11(17)12(13,14)15/h2-5H,1H3. The molecule has 0 saturated carbocycles. The van der Waals surface area contributed by atoms with Crippen LogP contribution >= 0.6 is 0 Å². The number of methoxy groups -OCH3 is 1. The molecule has 19 heavy (non-hydrogen) atoms. The Labute approximate surface area is 104 Å². The van der Waals surface area contributed by atoms with Gasteiger partial charge >= 0.3 is 6.18 Å². The van der Waals surface area contributed by atoms with E-state index in [0.29, 0.717) is 12.0 Å². The van der Waals surface area contributed by atoms with Gasteiger partial charge < -0.3 is 9.15 Å². The zero-order chi connectivity index (χ0) is 14.2. The molecule has 0 aliphatic rings. The first-order chi connectivity index (χ1) is 8.84. The van der Waals surface area contributed by atoms with Gasteiger partial charge in [-0.05, 0) is 12.1 Å². The molecule has 0 atom stereocenters. The second-order valence-corrected chi connectivity index (χ2v) is 3.67. The van der Waals surface area contributed by atoms with Crippen molar-refractivity contribution in [2.75, 3.05) is 7.11 Å². The van der Waals surface area contributed by atoms with Crippen LogP contribution in [0.5, 0.6) is 5.75 Å². The third-order valence-corrected chi connectivity index (χ3v) is 2.48. The Hall–Kier alpha value is -2.31. The normalized spacial score (nSPS) is 11.6. The van der Waals surface area contributed by atoms with Crippen LogP contribution in [0.25, 0.3) is 11.0 Å². The summed E-state index contributed by atoms with van der Waals surface area (Å²) in [5.41, 5.74) is -2.01. The maximum absolute atomic E-state index is 12.3. The minimum Gasteiger partial charge on any atom is -0.497 e. The number of ketones is 1. The molecule has 2 aromatic rings. The monoisotopic (exact) mass is 272 g/mol. The van der Waals surface area contributed by atoms with Gasteiger partial charge in [0.05, 0.1) is 12.5 Å². The van der Waals surface area contributed by atoms with Crippen molar-refractivity contribution in [3.63, 3.8) is 0 Å². The van der Waals surface area contributed by atoms with Crippen LogP contribution in [0.4, 0.5) is 13.2 Å². The second-order valence-electron chi connectivity index (χ2n) is 3.67. The number of benzene rings is 1. The molecule has 0 radical (unpaired) electrons. The first-order valence-corrected chi connectivity index (χ1v) is 5.05. The smallest absolute Gasteiger partial charge is 0.455 e. The Bertz CT molecular complexity index is 700. The Morgan fingerprint density at radius 1 is 1.32 bits per heavy atom. The largest absolute Gasteiger partial charge is 0.497 e. The van der Waals surface area contributed by atoms with Gasteiger partial charge in [0.1, 0.15) is 23.2 Å². The summed E-state index contributed by atoms with van der Waals surface area (Å²) in [6.45, 7) is 0. The molecule has 2 rings (SSSR count). The highest BCUT2D eigenvalue weighted by Crippen LogP contribution is 2.23. The van der Waals surface area contributed by atoms with Crippen LogP contribution in [-0.2, 0) is 0 Å². The van der Waals surface area contributed by atoms with Gasteiger partial charge in [0.25, 0.3) is 5.78 Å². The van der Waals surface area contributed by atoms with Crippen molar-refractivity contribution in [2.45, 2.75) is 6.18 Å². The van der Waals surface area contributed by atoms with Crippen molar-refractivity contribution in [2.24, 2.45) is 0 Å². The second kappa shape index (κ2) is 4.42. The number of hydrogen-bond donors (Lipinski definition) is 0. The lowest BCUT2D eigenvalue weighted by atomic mass is 10.1. The average molecular weight is 272 g/mol. The van der Waals surface area contributed by atoms with Gasteiger partial charge in [-0.25, -0.2) is 0 Å². The van der Waals surface area contributed by atoms with Crippen LogP contribution in [0.2, 0.25) is 0 Å². The van der Waals surface area contributed by atoms with Crippen LogP contribution in [-0.4, -0.2) is 19.1 Å². The third kappa shape index (κ3) is 2.31. The lowest BCUT2D eigenvalue weighted by Crippen LogP contribution is -2.28. The molecule has 0 bridgehead atoms. The molecule has 100 valence electrons. The van der Waals surface area contributed by atoms with Crippen molar-refractivity contribution in [1.29, 1.82) is 0 Å². The molecular weight excluding hydrogens is 265 g/mol. The van der Waals surface area contributed by atoms with Crippen LogP contribution in [0.3, 0.4) is 0 Å². The fourth-order valence-electron chi connectivity index (χ4n) is 1.55. The molecule has 0 amide bonds. The molecule has 1 aromatic heterocycles. The fraction of sp³-hybridized carbons (Fsp3) is 0.167. The Morgan fingerprint density at radius 2 is 2.00 bits per heavy atom. The first-order valence-electron chi connectivity index (χ1n) is 5.05. The van der Waals surface area contributed by atoms with E-state index in [1.54, 1.807) is 0 Å². The SMILES string of the molecule is COc1ccc2c(=O)c(C(=O)C(F)(F)F)coc2c1. The van der Waals surface area contributed by atoms with E-state index >= 15 is 0 Å². The molecule has 0 unspecified atom stereocenters. The molecule has 7 heteroatoms. The first kappa shape index (κ1) is 13.1. The number of carbonyl (C=O) groups is 1. The Kier molecular flexibility index (Phi) is 3.05. The van der Waals surface area contributed by atoms with E-state index in [1.165, 1.54) is 25.3 Å². The van der Waals surface area contributed by atoms with E-state index in [0.717, 1.165) is 0 Å². The lowest BCUT2D eigenvalue weighted by molar-refractivity contribution is -0.0886. The summed E-state index contributed by atoms with van der Waals surface area (Å²) in [5, 5.41) is -0.115. The molecule has 0 aliphatic carbocycles. The minimum atomic E-state index is -5.12. The number of Topliss-reactive ketones (excluding diaryl/α,β-unsaturated/α-hetero) is 1. The van der Waals surface area contributed by atoms with Gasteiger partial charge in [-0.1, -0.05) is 0 Å². The van der Waals surface area contributed by atoms with Crippen molar-refractivity contribution in [1.82, 2.24) is 0 Å². The predicted molar refractivity (Wildman–Crippen MR) is 59.4 cm³/mol. The summed E-state index contributed by atoms with van der Waals surface area (Å²) in [5.74, 6) is -1.84. The maximum Gasteiger partial charge on any atom is 0.455 e. The molecule has 1 aromatic carbocycles. The highest BCUT2D eigenvalue weighted by molar-refractivity contribution is 6.01. The van der Waals surface area contributed by atoms with Crippen molar-refractivity contribution >= 4 is 16.8 Å². The van der Waals surface area contributed by atoms with Crippen LogP contribution in [0.15, 0.2) is 33.7 Å². The van der Waals surface area contributed by atoms with Crippen LogP contribution in [0, 0.1) is 0 Å². The molecule has 0 N–H and O–H groups in total. The maximum atomic E-state index is 12.3. The average Bonchev–Trinajstić information content (AvgIpc) is 2.37. The summed E-state index contributed by atoms with van der Waals surface area (Å²) in [6, 6.07) is 3.98. The number of carbonyl (C=O) groups excluding carboxylic acids is 1. The van der Waals surface area contributed by atoms with Gasteiger partial charge in [0.15, 0.2) is 0 Å². The number of alkyl halides is 3. The molecule has 0 fully saturated rings. The number of fused-ring (bicyclic) bond motifs is 1. The van der Waals surface area contributed by atoms with Crippen LogP contribution < -0.4 is 10.2 Å². The van der Waals surface area contributed by atoms with Crippen molar-refractivity contribution in [3.8, 4) is 5.75 Å². The highest BCUT2D eigenvalue weighted by atomic mass is 19.4. The van der Waals surface area contributed by atoms with Gasteiger partial charge in [-0.2, -0.15) is 13.2 Å². The van der Waals surface area contributed by atoms with E-state index in [-0.39, 0.29) is 11.0 Å². The van der Waals surface area contributed by atoms with E-state index in [2.05, 4.69) is 0 Å². The van der Waals surface area contributed by atoms with Gasteiger partial charge in [0.2, 0.25) is 5.43 Å². The predicted octanol–water partition coefficient (Wildman–Crippen LogP) is 2.55. The van der Waals surface area contributed by atoms with E-state index in [4.69, 9.17) is 9.15 Å². The quantitative estimate of drug-likeness (QED) is 0.788. The molecule has 1 heterocycles. The number of hydrogen-bond acceptors (Lipinski definition) is 4. The third-order valence-electron chi connectivity index (χ3n) is 2.48. The van der Waals surface area contributed by atoms with Crippen LogP contribution in [0.1, 0.15) is 10.4 Å². The molecular formula is C12H7F3O4.